The van der Waals surface area contributed by atoms with Crippen molar-refractivity contribution in [2.75, 3.05) is 0 Å². The average Bonchev–Trinajstić information content (AvgIpc) is 3.61. The Kier molecular flexibility index (Phi) is 13.3. The molecule has 4 heterocycles. The minimum absolute atomic E-state index is 0. The lowest BCUT2D eigenvalue weighted by atomic mass is 9.89. The van der Waals surface area contributed by atoms with Crippen molar-refractivity contribution in [1.29, 1.82) is 5.41 Å². The van der Waals surface area contributed by atoms with Crippen molar-refractivity contribution in [3.8, 4) is 11.8 Å². The van der Waals surface area contributed by atoms with E-state index in [1.165, 1.54) is 59.8 Å². The number of pyridine rings is 2. The molecule has 55 heavy (non-hydrogen) atoms. The number of imide groups is 1. The third-order valence-electron chi connectivity index (χ3n) is 8.08. The zero-order valence-corrected chi connectivity index (χ0v) is 30.1. The first-order valence-electron chi connectivity index (χ1n) is 16.4. The lowest BCUT2D eigenvalue weighted by Gasteiger charge is -2.14. The Morgan fingerprint density at radius 1 is 0.855 bits per heavy atom. The number of carbonyl (C=O) groups is 4. The van der Waals surface area contributed by atoms with Gasteiger partial charge in [-0.25, -0.2) is 18.4 Å². The summed E-state index contributed by atoms with van der Waals surface area (Å²) < 4.78 is 31.7. The number of hydrogen-bond donors (Lipinski definition) is 3. The van der Waals surface area contributed by atoms with E-state index in [4.69, 9.17) is 16.7 Å². The largest absolute Gasteiger partial charge is 0.494 e. The lowest BCUT2D eigenvalue weighted by molar-refractivity contribution is -0.139. The van der Waals surface area contributed by atoms with Crippen LogP contribution in [0.3, 0.4) is 0 Å². The van der Waals surface area contributed by atoms with E-state index in [-0.39, 0.29) is 89.0 Å². The van der Waals surface area contributed by atoms with E-state index in [1.54, 1.807) is 44.2 Å². The molecule has 2 aromatic carbocycles. The van der Waals surface area contributed by atoms with E-state index in [2.05, 4.69) is 14.8 Å². The van der Waals surface area contributed by atoms with Crippen LogP contribution in [0.15, 0.2) is 85.2 Å². The van der Waals surface area contributed by atoms with Crippen LogP contribution in [0.5, 0.6) is 11.8 Å². The van der Waals surface area contributed by atoms with Gasteiger partial charge in [0, 0.05) is 30.8 Å². The highest BCUT2D eigenvalue weighted by Crippen LogP contribution is 2.40. The predicted octanol–water partition coefficient (Wildman–Crippen LogP) is 6.54. The molecule has 0 unspecified atom stereocenters. The smallest absolute Gasteiger partial charge is 0.346 e. The molecule has 0 radical (unpaired) electrons. The molecule has 1 aliphatic carbocycles. The molecule has 1 fully saturated rings. The van der Waals surface area contributed by atoms with Crippen LogP contribution in [-0.4, -0.2) is 65.0 Å². The number of benzene rings is 2. The molecule has 2 aliphatic rings. The molecule has 0 saturated carbocycles. The van der Waals surface area contributed by atoms with Crippen molar-refractivity contribution in [3.63, 3.8) is 0 Å². The number of rotatable bonds is 6. The van der Waals surface area contributed by atoms with Gasteiger partial charge in [-0.2, -0.15) is 0 Å². The van der Waals surface area contributed by atoms with E-state index in [0.717, 1.165) is 10.1 Å². The summed E-state index contributed by atoms with van der Waals surface area (Å²) >= 11 is 0. The monoisotopic (exact) mass is 770 g/mol. The maximum absolute atomic E-state index is 13.0. The zero-order chi connectivity index (χ0) is 39.1. The number of amides is 2. The summed E-state index contributed by atoms with van der Waals surface area (Å²) in [5.74, 6) is -2.94. The summed E-state index contributed by atoms with van der Waals surface area (Å²) in [6.45, 7) is 10.6. The number of fused-ring (bicyclic) bond motifs is 2. The first-order valence-corrected chi connectivity index (χ1v) is 16.4. The molecule has 1 aliphatic heterocycles. The number of ketones is 1. The molecule has 13 nitrogen and oxygen atoms in total. The van der Waals surface area contributed by atoms with Crippen molar-refractivity contribution in [3.05, 3.63) is 147 Å². The van der Waals surface area contributed by atoms with E-state index in [1.807, 2.05) is 0 Å². The topological polar surface area (TPSA) is 180 Å². The maximum Gasteiger partial charge on any atom is 0.346 e. The fourth-order valence-corrected chi connectivity index (χ4v) is 5.49. The third kappa shape index (κ3) is 9.24. The number of hydrogen-bond acceptors (Lipinski definition) is 10. The fraction of sp³-hybridized carbons (Fsp3) is 0.179. The second-order valence-electron chi connectivity index (χ2n) is 12.2. The molecular weight excluding hydrogens is 738 g/mol. The van der Waals surface area contributed by atoms with Crippen LogP contribution >= 0.6 is 12.4 Å². The number of nitrogens with zero attached hydrogens (tertiary/aromatic N) is 5. The highest BCUT2D eigenvalue weighted by atomic mass is 35.5. The summed E-state index contributed by atoms with van der Waals surface area (Å²) in [6.07, 6.45) is 3.27. The van der Waals surface area contributed by atoms with Crippen LogP contribution in [0, 0.1) is 23.6 Å². The van der Waals surface area contributed by atoms with Gasteiger partial charge in [-0.3, -0.25) is 39.2 Å². The summed E-state index contributed by atoms with van der Waals surface area (Å²) in [7, 11) is 0. The molecule has 0 spiro atoms. The number of likely N-dealkylation sites (tertiary alicyclic amines) is 1. The Bertz CT molecular complexity index is 2230. The van der Waals surface area contributed by atoms with Gasteiger partial charge in [0.25, 0.3) is 0 Å². The van der Waals surface area contributed by atoms with E-state index < -0.39 is 23.4 Å². The number of ether oxygens (including phenoxy) is 1. The third-order valence-corrected chi connectivity index (χ3v) is 8.08. The van der Waals surface area contributed by atoms with E-state index in [9.17, 15) is 38.2 Å². The first-order chi connectivity index (χ1) is 25.8. The Morgan fingerprint density at radius 2 is 1.38 bits per heavy atom. The summed E-state index contributed by atoms with van der Waals surface area (Å²) in [5.41, 5.74) is 1.80. The first kappa shape index (κ1) is 41.0. The summed E-state index contributed by atoms with van der Waals surface area (Å²) in [4.78, 5) is 58.8. The minimum atomic E-state index is -0.549. The number of carbonyl (C=O) groups excluding carboxylic acids is 4. The number of halogens is 3. The Labute approximate surface area is 319 Å². The van der Waals surface area contributed by atoms with Crippen molar-refractivity contribution < 1.29 is 42.9 Å². The van der Waals surface area contributed by atoms with Gasteiger partial charge in [0.2, 0.25) is 35.0 Å². The Morgan fingerprint density at radius 3 is 1.95 bits per heavy atom. The second-order valence-corrected chi connectivity index (χ2v) is 12.2. The molecule has 3 aromatic heterocycles. The van der Waals surface area contributed by atoms with Gasteiger partial charge in [-0.05, 0) is 61.4 Å². The average molecular weight is 771 g/mol. The molecule has 3 N–H and O–H groups in total. The Balaban J connectivity index is 0.000000194. The standard InChI is InChI=1S/C18H12FN3O3.C11H10FNO2.C10H10N2O2.ClH/c19-10-5-3-9(4-6-10)8-22-17(24)12-13(18(22)25)16(23)15-11(14(12)20)2-1-7-21-15;12-9-3-1-8(2-4-9)7-13-10(14)5-6-11(13)15;1-7(2)14-10(13)9-8(11-3)5-4-6-12-9;/h1-7,20,24-25H,8H2;1-4H,5-7H2;4-7H,1-2H3;1H. The van der Waals surface area contributed by atoms with Crippen molar-refractivity contribution in [2.45, 2.75) is 45.9 Å². The number of nitrogens with one attached hydrogen (secondary N) is 1. The SMILES string of the molecule is Cl.N=C1c2cccnc2C(=O)c2c1c(O)n(Cc1ccc(F)cc1)c2O.O=C1CCC(=O)N1Cc1ccc(F)cc1.[C-]#[N+]c1cccnc1C(=O)OC(C)C. The van der Waals surface area contributed by atoms with E-state index >= 15 is 0 Å². The molecule has 0 bridgehead atoms. The van der Waals surface area contributed by atoms with Gasteiger partial charge in [-0.15, -0.1) is 12.4 Å². The Hall–Kier alpha value is -6.79. The van der Waals surface area contributed by atoms with Crippen molar-refractivity contribution in [1.82, 2.24) is 19.4 Å². The molecule has 16 heteroatoms. The van der Waals surface area contributed by atoms with Crippen LogP contribution in [0.25, 0.3) is 4.85 Å². The summed E-state index contributed by atoms with van der Waals surface area (Å²) in [6, 6.07) is 17.7. The van der Waals surface area contributed by atoms with Crippen LogP contribution in [0.4, 0.5) is 14.5 Å². The van der Waals surface area contributed by atoms with E-state index in [0.29, 0.717) is 24.0 Å². The van der Waals surface area contributed by atoms with Gasteiger partial charge in [0.15, 0.2) is 5.69 Å². The van der Waals surface area contributed by atoms with Crippen LogP contribution in [-0.2, 0) is 27.4 Å². The second kappa shape index (κ2) is 17.8. The highest BCUT2D eigenvalue weighted by Gasteiger charge is 2.37. The maximum atomic E-state index is 13.0. The van der Waals surface area contributed by atoms with Gasteiger partial charge < -0.3 is 14.9 Å². The number of aromatic nitrogens is 3. The molecule has 0 atom stereocenters. The fourth-order valence-electron chi connectivity index (χ4n) is 5.49. The predicted molar refractivity (Wildman–Crippen MR) is 196 cm³/mol. The van der Waals surface area contributed by atoms with Crippen molar-refractivity contribution in [2.24, 2.45) is 0 Å². The van der Waals surface area contributed by atoms with Gasteiger partial charge in [-0.1, -0.05) is 36.4 Å². The minimum Gasteiger partial charge on any atom is -0.494 e. The number of esters is 1. The van der Waals surface area contributed by atoms with Gasteiger partial charge >= 0.3 is 5.97 Å². The summed E-state index contributed by atoms with van der Waals surface area (Å²) in [5, 5.41) is 29.2. The lowest BCUT2D eigenvalue weighted by Crippen LogP contribution is -2.28. The van der Waals surface area contributed by atoms with Crippen LogP contribution in [0.1, 0.15) is 75.5 Å². The molecule has 2 amide bonds. The van der Waals surface area contributed by atoms with Crippen LogP contribution < -0.4 is 0 Å². The molecule has 7 rings (SSSR count). The molecule has 282 valence electrons. The quantitative estimate of drug-likeness (QED) is 0.0964. The van der Waals surface area contributed by atoms with Gasteiger partial charge in [0.05, 0.1) is 42.6 Å². The van der Waals surface area contributed by atoms with Crippen LogP contribution in [0.2, 0.25) is 0 Å². The van der Waals surface area contributed by atoms with Gasteiger partial charge in [0.1, 0.15) is 17.3 Å². The zero-order valence-electron chi connectivity index (χ0n) is 29.3. The highest BCUT2D eigenvalue weighted by molar-refractivity contribution is 6.30. The normalized spacial score (nSPS) is 12.7. The van der Waals surface area contributed by atoms with Crippen molar-refractivity contribution >= 4 is 47.4 Å². The number of aromatic hydroxyl groups is 2. The molecule has 1 saturated heterocycles. The molecular formula is C39H33ClF2N6O7. The molecule has 5 aromatic rings.